The molecule has 90 valence electrons. The van der Waals surface area contributed by atoms with E-state index in [1.807, 2.05) is 66.1 Å². The summed E-state index contributed by atoms with van der Waals surface area (Å²) >= 11 is 1.06. The van der Waals surface area contributed by atoms with Crippen molar-refractivity contribution in [3.05, 3.63) is 71.8 Å². The highest BCUT2D eigenvalue weighted by molar-refractivity contribution is 8.03. The molecule has 0 aliphatic rings. The van der Waals surface area contributed by atoms with Gasteiger partial charge in [0.1, 0.15) is 11.0 Å². The van der Waals surface area contributed by atoms with Gasteiger partial charge in [0.2, 0.25) is 0 Å². The number of nitriles is 1. The van der Waals surface area contributed by atoms with Gasteiger partial charge in [0, 0.05) is 5.75 Å². The number of hydrogen-bond donors (Lipinski definition) is 1. The molecule has 3 heteroatoms. The molecule has 0 radical (unpaired) electrons. The van der Waals surface area contributed by atoms with Crippen LogP contribution in [0.3, 0.4) is 0 Å². The van der Waals surface area contributed by atoms with Crippen LogP contribution in [0.1, 0.15) is 11.1 Å². The molecule has 0 saturated carbocycles. The van der Waals surface area contributed by atoms with Gasteiger partial charge in [-0.05, 0) is 22.9 Å². The molecule has 0 saturated heterocycles. The molecule has 2 aromatic carbocycles. The highest BCUT2D eigenvalue weighted by Crippen LogP contribution is 2.32. The molecule has 0 aliphatic carbocycles. The second-order valence-corrected chi connectivity index (χ2v) is 4.73. The molecular formula is C15H13NOS. The third-order valence-electron chi connectivity index (χ3n) is 2.85. The smallest absolute Gasteiger partial charge is 0.133 e. The summed E-state index contributed by atoms with van der Waals surface area (Å²) in [5, 5.41) is 21.7. The van der Waals surface area contributed by atoms with Crippen molar-refractivity contribution >= 4 is 11.8 Å². The fourth-order valence-corrected chi connectivity index (χ4v) is 2.50. The molecule has 0 aliphatic heterocycles. The predicted molar refractivity (Wildman–Crippen MR) is 74.0 cm³/mol. The van der Waals surface area contributed by atoms with E-state index in [-0.39, 0.29) is 0 Å². The van der Waals surface area contributed by atoms with Crippen LogP contribution < -0.4 is 0 Å². The number of hydrogen-bond acceptors (Lipinski definition) is 3. The maximum absolute atomic E-state index is 10.9. The molecule has 0 unspecified atom stereocenters. The van der Waals surface area contributed by atoms with Crippen LogP contribution in [0.5, 0.6) is 0 Å². The van der Waals surface area contributed by atoms with Crippen LogP contribution in [-0.4, -0.2) is 10.9 Å². The Labute approximate surface area is 111 Å². The van der Waals surface area contributed by atoms with Gasteiger partial charge in [-0.3, -0.25) is 0 Å². The Hall–Kier alpha value is -1.76. The molecule has 2 rings (SSSR count). The van der Waals surface area contributed by atoms with E-state index in [4.69, 9.17) is 5.26 Å². The zero-order valence-electron chi connectivity index (χ0n) is 9.78. The first-order valence-corrected chi connectivity index (χ1v) is 6.60. The van der Waals surface area contributed by atoms with E-state index in [1.54, 1.807) is 0 Å². The van der Waals surface area contributed by atoms with Crippen LogP contribution in [0, 0.1) is 10.7 Å². The highest BCUT2D eigenvalue weighted by atomic mass is 32.2. The summed E-state index contributed by atoms with van der Waals surface area (Å²) in [6.07, 6.45) is 0. The van der Waals surface area contributed by atoms with Crippen LogP contribution >= 0.6 is 11.8 Å². The van der Waals surface area contributed by atoms with Crippen LogP contribution in [0.2, 0.25) is 0 Å². The fraction of sp³-hybridized carbons (Fsp3) is 0.133. The molecular weight excluding hydrogens is 242 g/mol. The Balaban J connectivity index is 2.45. The number of benzene rings is 2. The van der Waals surface area contributed by atoms with Gasteiger partial charge in [0.25, 0.3) is 0 Å². The van der Waals surface area contributed by atoms with Crippen molar-refractivity contribution in [3.8, 4) is 5.40 Å². The van der Waals surface area contributed by atoms with Gasteiger partial charge in [-0.25, -0.2) is 0 Å². The average molecular weight is 255 g/mol. The van der Waals surface area contributed by atoms with Crippen molar-refractivity contribution < 1.29 is 5.11 Å². The molecule has 0 aromatic heterocycles. The van der Waals surface area contributed by atoms with Crippen molar-refractivity contribution in [3.63, 3.8) is 0 Å². The van der Waals surface area contributed by atoms with Gasteiger partial charge in [0.05, 0.1) is 0 Å². The predicted octanol–water partition coefficient (Wildman–Crippen LogP) is 3.14. The summed E-state index contributed by atoms with van der Waals surface area (Å²) in [5.41, 5.74) is 0.487. The van der Waals surface area contributed by atoms with Crippen LogP contribution in [0.15, 0.2) is 60.7 Å². The number of nitrogens with zero attached hydrogens (tertiary/aromatic N) is 1. The first-order chi connectivity index (χ1) is 8.77. The Morgan fingerprint density at radius 2 is 1.39 bits per heavy atom. The monoisotopic (exact) mass is 255 g/mol. The number of aliphatic hydroxyl groups is 1. The van der Waals surface area contributed by atoms with E-state index < -0.39 is 5.60 Å². The molecule has 0 atom stereocenters. The topological polar surface area (TPSA) is 44.0 Å². The zero-order valence-corrected chi connectivity index (χ0v) is 10.6. The maximum Gasteiger partial charge on any atom is 0.133 e. The molecule has 0 amide bonds. The van der Waals surface area contributed by atoms with E-state index in [9.17, 15) is 5.11 Å². The van der Waals surface area contributed by atoms with Gasteiger partial charge in [0.15, 0.2) is 0 Å². The minimum Gasteiger partial charge on any atom is -0.379 e. The Morgan fingerprint density at radius 3 is 1.78 bits per heavy atom. The largest absolute Gasteiger partial charge is 0.379 e. The lowest BCUT2D eigenvalue weighted by Crippen LogP contribution is -2.30. The van der Waals surface area contributed by atoms with E-state index in [1.165, 1.54) is 0 Å². The first-order valence-electron chi connectivity index (χ1n) is 5.61. The summed E-state index contributed by atoms with van der Waals surface area (Å²) < 4.78 is 0. The molecule has 1 N–H and O–H groups in total. The normalized spacial score (nSPS) is 10.9. The van der Waals surface area contributed by atoms with Gasteiger partial charge in [-0.1, -0.05) is 60.7 Å². The minimum atomic E-state index is -1.12. The lowest BCUT2D eigenvalue weighted by atomic mass is 9.88. The number of thiocyanates is 1. The van der Waals surface area contributed by atoms with E-state index >= 15 is 0 Å². The third kappa shape index (κ3) is 2.56. The van der Waals surface area contributed by atoms with Crippen LogP contribution in [-0.2, 0) is 5.60 Å². The maximum atomic E-state index is 10.9. The summed E-state index contributed by atoms with van der Waals surface area (Å²) in [6.45, 7) is 0. The molecule has 0 heterocycles. The molecule has 18 heavy (non-hydrogen) atoms. The number of thioether (sulfide) groups is 1. The quantitative estimate of drug-likeness (QED) is 0.854. The second-order valence-electron chi connectivity index (χ2n) is 3.97. The Morgan fingerprint density at radius 1 is 0.944 bits per heavy atom. The zero-order chi connectivity index (χ0) is 12.8. The summed E-state index contributed by atoms with van der Waals surface area (Å²) in [6, 6.07) is 18.9. The van der Waals surface area contributed by atoms with Gasteiger partial charge < -0.3 is 5.11 Å². The fourth-order valence-electron chi connectivity index (χ4n) is 1.90. The average Bonchev–Trinajstić information content (AvgIpc) is 2.46. The standard InChI is InChI=1S/C15H13NOS/c16-12-18-11-15(17,13-7-3-1-4-8-13)14-9-5-2-6-10-14/h1-10,17H,11H2. The van der Waals surface area contributed by atoms with Gasteiger partial charge in [-0.15, -0.1) is 0 Å². The molecule has 2 nitrogen and oxygen atoms in total. The lowest BCUT2D eigenvalue weighted by Gasteiger charge is -2.28. The second kappa shape index (κ2) is 5.72. The molecule has 0 spiro atoms. The Bertz CT molecular complexity index is 494. The van der Waals surface area contributed by atoms with Gasteiger partial charge >= 0.3 is 0 Å². The van der Waals surface area contributed by atoms with Crippen molar-refractivity contribution in [1.29, 1.82) is 5.26 Å². The SMILES string of the molecule is N#CSCC(O)(c1ccccc1)c1ccccc1. The molecule has 0 fully saturated rings. The highest BCUT2D eigenvalue weighted by Gasteiger charge is 2.31. The lowest BCUT2D eigenvalue weighted by molar-refractivity contribution is 0.108. The summed E-state index contributed by atoms with van der Waals surface area (Å²) in [7, 11) is 0. The third-order valence-corrected chi connectivity index (χ3v) is 3.54. The van der Waals surface area contributed by atoms with Crippen molar-refractivity contribution in [2.75, 3.05) is 5.75 Å². The Kier molecular flexibility index (Phi) is 4.03. The van der Waals surface area contributed by atoms with Crippen LogP contribution in [0.25, 0.3) is 0 Å². The van der Waals surface area contributed by atoms with E-state index in [0.717, 1.165) is 22.9 Å². The van der Waals surface area contributed by atoms with Crippen LogP contribution in [0.4, 0.5) is 0 Å². The van der Waals surface area contributed by atoms with E-state index in [0.29, 0.717) is 5.75 Å². The van der Waals surface area contributed by atoms with Gasteiger partial charge in [-0.2, -0.15) is 5.26 Å². The molecule has 0 bridgehead atoms. The van der Waals surface area contributed by atoms with E-state index in [2.05, 4.69) is 0 Å². The summed E-state index contributed by atoms with van der Waals surface area (Å²) in [5.74, 6) is 0.317. The van der Waals surface area contributed by atoms with Crippen molar-refractivity contribution in [2.45, 2.75) is 5.60 Å². The first kappa shape index (κ1) is 12.7. The molecule has 2 aromatic rings. The van der Waals surface area contributed by atoms with Crippen molar-refractivity contribution in [1.82, 2.24) is 0 Å². The minimum absolute atomic E-state index is 0.317. The van der Waals surface area contributed by atoms with Crippen molar-refractivity contribution in [2.24, 2.45) is 0 Å². The number of rotatable bonds is 4. The summed E-state index contributed by atoms with van der Waals surface area (Å²) in [4.78, 5) is 0.